The first-order chi connectivity index (χ1) is 10.7. The molecule has 6 nitrogen and oxygen atoms in total. The van der Waals surface area contributed by atoms with Gasteiger partial charge >= 0.3 is 0 Å². The average molecular weight is 302 g/mol. The summed E-state index contributed by atoms with van der Waals surface area (Å²) in [5.41, 5.74) is 1.16. The summed E-state index contributed by atoms with van der Waals surface area (Å²) in [7, 11) is 0. The number of amides is 1. The molecule has 0 radical (unpaired) electrons. The summed E-state index contributed by atoms with van der Waals surface area (Å²) in [5, 5.41) is 16.1. The van der Waals surface area contributed by atoms with Crippen molar-refractivity contribution in [1.82, 2.24) is 20.1 Å². The third kappa shape index (κ3) is 4.39. The third-order valence-electron chi connectivity index (χ3n) is 3.53. The van der Waals surface area contributed by atoms with Crippen molar-refractivity contribution in [3.05, 3.63) is 42.5 Å². The highest BCUT2D eigenvalue weighted by Gasteiger charge is 2.12. The molecule has 1 atom stereocenters. The van der Waals surface area contributed by atoms with Crippen LogP contribution in [0.25, 0.3) is 5.69 Å². The number of nitrogens with one attached hydrogen (secondary N) is 1. The number of carbonyl (C=O) groups is 1. The van der Waals surface area contributed by atoms with Gasteiger partial charge in [0.15, 0.2) is 0 Å². The van der Waals surface area contributed by atoms with Gasteiger partial charge in [0, 0.05) is 31.7 Å². The van der Waals surface area contributed by atoms with Gasteiger partial charge in [0.25, 0.3) is 5.91 Å². The molecule has 2 heterocycles. The van der Waals surface area contributed by atoms with Gasteiger partial charge in [-0.3, -0.25) is 9.78 Å². The van der Waals surface area contributed by atoms with Crippen LogP contribution >= 0.6 is 0 Å². The van der Waals surface area contributed by atoms with Gasteiger partial charge in [0.2, 0.25) is 0 Å². The molecule has 22 heavy (non-hydrogen) atoms. The van der Waals surface area contributed by atoms with Crippen LogP contribution in [-0.4, -0.2) is 38.9 Å². The molecule has 2 rings (SSSR count). The number of rotatable bonds is 8. The first-order valence-corrected chi connectivity index (χ1v) is 7.59. The zero-order valence-corrected chi connectivity index (χ0v) is 12.8. The molecule has 1 amide bonds. The Morgan fingerprint density at radius 3 is 2.95 bits per heavy atom. The zero-order valence-electron chi connectivity index (χ0n) is 12.8. The van der Waals surface area contributed by atoms with Crippen LogP contribution in [0, 0.1) is 5.92 Å². The van der Waals surface area contributed by atoms with Crippen LogP contribution in [0.4, 0.5) is 0 Å². The highest BCUT2D eigenvalue weighted by atomic mass is 16.3. The second-order valence-electron chi connectivity index (χ2n) is 5.23. The third-order valence-corrected chi connectivity index (χ3v) is 3.53. The van der Waals surface area contributed by atoms with E-state index < -0.39 is 0 Å². The molecule has 0 saturated heterocycles. The number of aromatic nitrogens is 3. The van der Waals surface area contributed by atoms with Gasteiger partial charge in [-0.05, 0) is 37.0 Å². The highest BCUT2D eigenvalue weighted by Crippen LogP contribution is 2.10. The number of aliphatic hydroxyl groups is 1. The number of hydrogen-bond acceptors (Lipinski definition) is 4. The molecule has 118 valence electrons. The van der Waals surface area contributed by atoms with Gasteiger partial charge < -0.3 is 10.4 Å². The van der Waals surface area contributed by atoms with Crippen molar-refractivity contribution < 1.29 is 9.90 Å². The summed E-state index contributed by atoms with van der Waals surface area (Å²) in [4.78, 5) is 16.3. The van der Waals surface area contributed by atoms with E-state index in [1.807, 2.05) is 12.3 Å². The van der Waals surface area contributed by atoms with Crippen molar-refractivity contribution in [2.75, 3.05) is 13.2 Å². The Hall–Kier alpha value is -2.21. The Morgan fingerprint density at radius 1 is 1.41 bits per heavy atom. The summed E-state index contributed by atoms with van der Waals surface area (Å²) in [6.07, 6.45) is 7.83. The molecule has 6 heteroatoms. The summed E-state index contributed by atoms with van der Waals surface area (Å²) in [6, 6.07) is 5.34. The van der Waals surface area contributed by atoms with Crippen LogP contribution in [0.15, 0.2) is 36.8 Å². The van der Waals surface area contributed by atoms with Crippen LogP contribution in [0.1, 0.15) is 36.7 Å². The molecule has 0 aliphatic rings. The van der Waals surface area contributed by atoms with E-state index >= 15 is 0 Å². The largest absolute Gasteiger partial charge is 0.396 e. The lowest BCUT2D eigenvalue weighted by Crippen LogP contribution is -2.30. The maximum absolute atomic E-state index is 12.2. The second-order valence-corrected chi connectivity index (χ2v) is 5.23. The van der Waals surface area contributed by atoms with Gasteiger partial charge in [-0.1, -0.05) is 13.3 Å². The van der Waals surface area contributed by atoms with Crippen LogP contribution in [0.2, 0.25) is 0 Å². The first-order valence-electron chi connectivity index (χ1n) is 7.59. The van der Waals surface area contributed by atoms with Gasteiger partial charge in [-0.15, -0.1) is 0 Å². The molecule has 0 bridgehead atoms. The van der Waals surface area contributed by atoms with Gasteiger partial charge in [0.05, 0.1) is 5.69 Å². The van der Waals surface area contributed by atoms with Gasteiger partial charge in [0.1, 0.15) is 5.69 Å². The molecule has 0 aliphatic heterocycles. The SMILES string of the molecule is CCCC(CCO)CNC(=O)c1cc(-n2cccn2)ccn1. The van der Waals surface area contributed by atoms with Crippen molar-refractivity contribution in [3.63, 3.8) is 0 Å². The zero-order chi connectivity index (χ0) is 15.8. The Morgan fingerprint density at radius 2 is 2.27 bits per heavy atom. The molecule has 0 spiro atoms. The lowest BCUT2D eigenvalue weighted by molar-refractivity contribution is 0.0938. The molecule has 2 aromatic rings. The summed E-state index contributed by atoms with van der Waals surface area (Å²) in [5.74, 6) is 0.0984. The first kappa shape index (κ1) is 16.2. The lowest BCUT2D eigenvalue weighted by atomic mass is 10.0. The van der Waals surface area contributed by atoms with Crippen LogP contribution in [0.5, 0.6) is 0 Å². The average Bonchev–Trinajstić information content (AvgIpc) is 3.07. The van der Waals surface area contributed by atoms with Crippen molar-refractivity contribution in [2.45, 2.75) is 26.2 Å². The highest BCUT2D eigenvalue weighted by molar-refractivity contribution is 5.92. The number of aliphatic hydroxyl groups excluding tert-OH is 1. The summed E-state index contributed by atoms with van der Waals surface area (Å²) < 4.78 is 1.68. The fraction of sp³-hybridized carbons (Fsp3) is 0.438. The Bertz CT molecular complexity index is 578. The minimum atomic E-state index is -0.201. The molecular weight excluding hydrogens is 280 g/mol. The minimum Gasteiger partial charge on any atom is -0.396 e. The lowest BCUT2D eigenvalue weighted by Gasteiger charge is -2.15. The second kappa shape index (κ2) is 8.29. The molecule has 0 fully saturated rings. The summed E-state index contributed by atoms with van der Waals surface area (Å²) >= 11 is 0. The van der Waals surface area contributed by atoms with Crippen LogP contribution in [0.3, 0.4) is 0 Å². The van der Waals surface area contributed by atoms with E-state index in [-0.39, 0.29) is 12.5 Å². The quantitative estimate of drug-likeness (QED) is 0.779. The maximum Gasteiger partial charge on any atom is 0.269 e. The smallest absolute Gasteiger partial charge is 0.269 e. The summed E-state index contributed by atoms with van der Waals surface area (Å²) in [6.45, 7) is 2.80. The predicted octanol–water partition coefficient (Wildman–Crippen LogP) is 1.80. The Kier molecular flexibility index (Phi) is 6.09. The molecule has 0 aliphatic carbocycles. The predicted molar refractivity (Wildman–Crippen MR) is 83.8 cm³/mol. The van der Waals surface area contributed by atoms with E-state index in [1.54, 1.807) is 29.2 Å². The maximum atomic E-state index is 12.2. The fourth-order valence-corrected chi connectivity index (χ4v) is 2.37. The van der Waals surface area contributed by atoms with E-state index in [1.165, 1.54) is 0 Å². The Labute approximate surface area is 130 Å². The fourth-order valence-electron chi connectivity index (χ4n) is 2.37. The molecular formula is C16H22N4O2. The van der Waals surface area contributed by atoms with Crippen molar-refractivity contribution in [1.29, 1.82) is 0 Å². The minimum absolute atomic E-state index is 0.146. The Balaban J connectivity index is 1.99. The monoisotopic (exact) mass is 302 g/mol. The van der Waals surface area contributed by atoms with Gasteiger partial charge in [-0.25, -0.2) is 4.68 Å². The van der Waals surface area contributed by atoms with Gasteiger partial charge in [-0.2, -0.15) is 5.10 Å². The molecule has 0 saturated carbocycles. The molecule has 0 aromatic carbocycles. The van der Waals surface area contributed by atoms with Crippen molar-refractivity contribution in [3.8, 4) is 5.69 Å². The van der Waals surface area contributed by atoms with E-state index in [0.29, 0.717) is 24.6 Å². The number of pyridine rings is 1. The molecule has 2 aromatic heterocycles. The normalized spacial score (nSPS) is 12.1. The molecule has 1 unspecified atom stereocenters. The standard InChI is InChI=1S/C16H22N4O2/c1-2-4-13(6-10-21)12-18-16(22)15-11-14(5-8-17-15)20-9-3-7-19-20/h3,5,7-9,11,13,21H,2,4,6,10,12H2,1H3,(H,18,22). The van der Waals surface area contributed by atoms with Crippen LogP contribution < -0.4 is 5.32 Å². The van der Waals surface area contributed by atoms with E-state index in [4.69, 9.17) is 5.11 Å². The van der Waals surface area contributed by atoms with Crippen LogP contribution in [-0.2, 0) is 0 Å². The van der Waals surface area contributed by atoms with Crippen molar-refractivity contribution in [2.24, 2.45) is 5.92 Å². The van der Waals surface area contributed by atoms with Crippen molar-refractivity contribution >= 4 is 5.91 Å². The van der Waals surface area contributed by atoms with E-state index in [2.05, 4.69) is 22.3 Å². The number of nitrogens with zero attached hydrogens (tertiary/aromatic N) is 3. The molecule has 2 N–H and O–H groups in total. The van der Waals surface area contributed by atoms with E-state index in [9.17, 15) is 4.79 Å². The topological polar surface area (TPSA) is 80.0 Å². The number of carbonyl (C=O) groups excluding carboxylic acids is 1. The van der Waals surface area contributed by atoms with E-state index in [0.717, 1.165) is 18.5 Å². The number of hydrogen-bond donors (Lipinski definition) is 2.